The van der Waals surface area contributed by atoms with Crippen molar-refractivity contribution in [1.29, 1.82) is 0 Å². The summed E-state index contributed by atoms with van der Waals surface area (Å²) in [5.74, 6) is 0.804. The Bertz CT molecular complexity index is 694. The number of para-hydroxylation sites is 1. The van der Waals surface area contributed by atoms with Gasteiger partial charge in [-0.15, -0.1) is 0 Å². The number of aromatic nitrogens is 2. The maximum absolute atomic E-state index is 12.7. The third-order valence-corrected chi connectivity index (χ3v) is 4.43. The number of aryl methyl sites for hydroxylation is 1. The lowest BCUT2D eigenvalue weighted by atomic mass is 10.0. The molecule has 1 saturated heterocycles. The van der Waals surface area contributed by atoms with Crippen LogP contribution in [-0.2, 0) is 0 Å². The van der Waals surface area contributed by atoms with Crippen LogP contribution in [-0.4, -0.2) is 21.7 Å². The van der Waals surface area contributed by atoms with Crippen molar-refractivity contribution in [3.05, 3.63) is 40.4 Å². The average molecular weight is 255 g/mol. The molecule has 0 spiro atoms. The maximum atomic E-state index is 12.7. The first kappa shape index (κ1) is 11.0. The molecule has 2 aliphatic rings. The SMILES string of the molecule is Cc1nc2ccccc2c(=O)n1N1[C@@H]2CCCC[C@@H]21. The van der Waals surface area contributed by atoms with Crippen LogP contribution in [0.2, 0.25) is 0 Å². The van der Waals surface area contributed by atoms with Crippen LogP contribution in [0.3, 0.4) is 0 Å². The summed E-state index contributed by atoms with van der Waals surface area (Å²) < 4.78 is 1.81. The van der Waals surface area contributed by atoms with E-state index in [4.69, 9.17) is 0 Å². The molecule has 2 heterocycles. The molecular formula is C15H17N3O. The number of nitrogens with zero attached hydrogens (tertiary/aromatic N) is 3. The van der Waals surface area contributed by atoms with Crippen LogP contribution in [0.4, 0.5) is 0 Å². The number of fused-ring (bicyclic) bond motifs is 2. The summed E-state index contributed by atoms with van der Waals surface area (Å²) in [6.07, 6.45) is 4.99. The zero-order chi connectivity index (χ0) is 13.0. The highest BCUT2D eigenvalue weighted by molar-refractivity contribution is 5.77. The molecule has 2 fully saturated rings. The molecular weight excluding hydrogens is 238 g/mol. The second-order valence-corrected chi connectivity index (χ2v) is 5.59. The fourth-order valence-corrected chi connectivity index (χ4v) is 3.48. The molecule has 0 bridgehead atoms. The van der Waals surface area contributed by atoms with Crippen LogP contribution in [0.1, 0.15) is 31.5 Å². The topological polar surface area (TPSA) is 37.9 Å². The number of rotatable bonds is 1. The van der Waals surface area contributed by atoms with E-state index in [1.165, 1.54) is 25.7 Å². The molecule has 19 heavy (non-hydrogen) atoms. The van der Waals surface area contributed by atoms with E-state index in [-0.39, 0.29) is 5.56 Å². The summed E-state index contributed by atoms with van der Waals surface area (Å²) in [5.41, 5.74) is 0.878. The van der Waals surface area contributed by atoms with E-state index in [0.717, 1.165) is 16.7 Å². The van der Waals surface area contributed by atoms with Crippen LogP contribution in [0, 0.1) is 6.92 Å². The van der Waals surface area contributed by atoms with Gasteiger partial charge in [0.05, 0.1) is 23.0 Å². The first-order valence-corrected chi connectivity index (χ1v) is 7.04. The Morgan fingerprint density at radius 1 is 1.16 bits per heavy atom. The molecule has 0 N–H and O–H groups in total. The fraction of sp³-hybridized carbons (Fsp3) is 0.467. The smallest absolute Gasteiger partial charge is 0.280 e. The normalized spacial score (nSPS) is 25.4. The highest BCUT2D eigenvalue weighted by atomic mass is 16.1. The molecule has 1 aliphatic carbocycles. The van der Waals surface area contributed by atoms with Gasteiger partial charge in [-0.1, -0.05) is 25.0 Å². The molecule has 1 aromatic heterocycles. The van der Waals surface area contributed by atoms with E-state index in [9.17, 15) is 4.79 Å². The van der Waals surface area contributed by atoms with Crippen molar-refractivity contribution >= 4 is 10.9 Å². The van der Waals surface area contributed by atoms with Gasteiger partial charge in [-0.05, 0) is 31.9 Å². The predicted molar refractivity (Wildman–Crippen MR) is 75.0 cm³/mol. The molecule has 98 valence electrons. The minimum Gasteiger partial charge on any atom is -0.298 e. The lowest BCUT2D eigenvalue weighted by molar-refractivity contribution is 0.571. The molecule has 0 unspecified atom stereocenters. The molecule has 2 atom stereocenters. The van der Waals surface area contributed by atoms with E-state index in [1.54, 1.807) is 0 Å². The quantitative estimate of drug-likeness (QED) is 0.731. The molecule has 0 radical (unpaired) electrons. The Morgan fingerprint density at radius 2 is 1.84 bits per heavy atom. The van der Waals surface area contributed by atoms with Crippen LogP contribution < -0.4 is 10.6 Å². The lowest BCUT2D eigenvalue weighted by Crippen LogP contribution is -2.33. The van der Waals surface area contributed by atoms with Crippen LogP contribution in [0.5, 0.6) is 0 Å². The summed E-state index contributed by atoms with van der Waals surface area (Å²) >= 11 is 0. The lowest BCUT2D eigenvalue weighted by Gasteiger charge is -2.13. The van der Waals surface area contributed by atoms with Gasteiger partial charge in [0.1, 0.15) is 5.82 Å². The monoisotopic (exact) mass is 255 g/mol. The van der Waals surface area contributed by atoms with Crippen molar-refractivity contribution in [3.63, 3.8) is 0 Å². The predicted octanol–water partition coefficient (Wildman–Crippen LogP) is 1.97. The van der Waals surface area contributed by atoms with E-state index in [2.05, 4.69) is 9.99 Å². The van der Waals surface area contributed by atoms with Gasteiger partial charge in [0.25, 0.3) is 5.56 Å². The third kappa shape index (κ3) is 1.52. The van der Waals surface area contributed by atoms with Crippen molar-refractivity contribution < 1.29 is 0 Å². The Balaban J connectivity index is 1.89. The van der Waals surface area contributed by atoms with Crippen molar-refractivity contribution in [3.8, 4) is 0 Å². The number of hydrogen-bond acceptors (Lipinski definition) is 3. The zero-order valence-corrected chi connectivity index (χ0v) is 11.0. The van der Waals surface area contributed by atoms with E-state index in [1.807, 2.05) is 35.9 Å². The van der Waals surface area contributed by atoms with Crippen LogP contribution in [0.25, 0.3) is 10.9 Å². The Hall–Kier alpha value is -1.84. The molecule has 4 heteroatoms. The molecule has 4 rings (SSSR count). The highest BCUT2D eigenvalue weighted by Crippen LogP contribution is 2.38. The molecule has 1 aromatic carbocycles. The van der Waals surface area contributed by atoms with E-state index < -0.39 is 0 Å². The van der Waals surface area contributed by atoms with Crippen molar-refractivity contribution in [1.82, 2.24) is 9.66 Å². The first-order chi connectivity index (χ1) is 9.27. The summed E-state index contributed by atoms with van der Waals surface area (Å²) in [6.45, 7) is 1.93. The largest absolute Gasteiger partial charge is 0.298 e. The summed E-state index contributed by atoms with van der Waals surface area (Å²) in [4.78, 5) is 17.2. The Labute approximate surface area is 111 Å². The van der Waals surface area contributed by atoms with Crippen molar-refractivity contribution in [2.45, 2.75) is 44.7 Å². The Kier molecular flexibility index (Phi) is 2.22. The highest BCUT2D eigenvalue weighted by Gasteiger charge is 2.50. The Morgan fingerprint density at radius 3 is 2.58 bits per heavy atom. The van der Waals surface area contributed by atoms with Gasteiger partial charge in [-0.25, -0.2) is 9.66 Å². The molecule has 4 nitrogen and oxygen atoms in total. The summed E-state index contributed by atoms with van der Waals surface area (Å²) in [5, 5.41) is 2.96. The van der Waals surface area contributed by atoms with Gasteiger partial charge in [0, 0.05) is 0 Å². The van der Waals surface area contributed by atoms with Crippen molar-refractivity contribution in [2.24, 2.45) is 0 Å². The standard InChI is InChI=1S/C15H17N3O/c1-10-16-12-7-3-2-6-11(12)15(19)17(10)18-13-8-4-5-9-14(13)18/h2-3,6-7,13-14H,4-5,8-9H2,1H3/t13-,14+,18?. The van der Waals surface area contributed by atoms with Gasteiger partial charge in [0.15, 0.2) is 0 Å². The van der Waals surface area contributed by atoms with Gasteiger partial charge >= 0.3 is 0 Å². The molecule has 1 aliphatic heterocycles. The molecule has 0 amide bonds. The zero-order valence-electron chi connectivity index (χ0n) is 11.0. The molecule has 1 saturated carbocycles. The first-order valence-electron chi connectivity index (χ1n) is 7.04. The van der Waals surface area contributed by atoms with Gasteiger partial charge in [-0.2, -0.15) is 0 Å². The third-order valence-electron chi connectivity index (χ3n) is 4.43. The summed E-state index contributed by atoms with van der Waals surface area (Å²) in [7, 11) is 0. The number of hydrogen-bond donors (Lipinski definition) is 0. The minimum absolute atomic E-state index is 0.0810. The fourth-order valence-electron chi connectivity index (χ4n) is 3.48. The molecule has 2 aromatic rings. The second-order valence-electron chi connectivity index (χ2n) is 5.59. The van der Waals surface area contributed by atoms with Gasteiger partial charge in [0.2, 0.25) is 0 Å². The number of benzene rings is 1. The van der Waals surface area contributed by atoms with Crippen molar-refractivity contribution in [2.75, 3.05) is 5.01 Å². The van der Waals surface area contributed by atoms with Gasteiger partial charge < -0.3 is 0 Å². The van der Waals surface area contributed by atoms with Gasteiger partial charge in [-0.3, -0.25) is 9.80 Å². The van der Waals surface area contributed by atoms with E-state index in [0.29, 0.717) is 12.1 Å². The second kappa shape index (κ2) is 3.83. The van der Waals surface area contributed by atoms with E-state index >= 15 is 0 Å². The van der Waals surface area contributed by atoms with Crippen LogP contribution in [0.15, 0.2) is 29.1 Å². The minimum atomic E-state index is 0.0810. The summed E-state index contributed by atoms with van der Waals surface area (Å²) in [6, 6.07) is 8.73. The maximum Gasteiger partial charge on any atom is 0.280 e. The van der Waals surface area contributed by atoms with Crippen LogP contribution >= 0.6 is 0 Å². The average Bonchev–Trinajstić information content (AvgIpc) is 3.13.